The summed E-state index contributed by atoms with van der Waals surface area (Å²) in [4.78, 5) is 15.4. The molecule has 1 aliphatic carbocycles. The van der Waals surface area contributed by atoms with Crippen molar-refractivity contribution in [3.05, 3.63) is 52.5 Å². The summed E-state index contributed by atoms with van der Waals surface area (Å²) < 4.78 is 75.2. The molecule has 1 heterocycles. The Morgan fingerprint density at radius 1 is 1.21 bits per heavy atom. The molecular formula is C17H14F4N2O3S2. The van der Waals surface area contributed by atoms with Gasteiger partial charge in [0.1, 0.15) is 5.01 Å². The summed E-state index contributed by atoms with van der Waals surface area (Å²) in [5.41, 5.74) is -6.55. The highest BCUT2D eigenvalue weighted by Crippen LogP contribution is 2.41. The summed E-state index contributed by atoms with van der Waals surface area (Å²) in [6.07, 6.45) is 3.23. The van der Waals surface area contributed by atoms with Gasteiger partial charge in [0, 0.05) is 29.3 Å². The molecule has 0 aliphatic heterocycles. The van der Waals surface area contributed by atoms with E-state index in [1.54, 1.807) is 5.38 Å². The van der Waals surface area contributed by atoms with Gasteiger partial charge in [-0.15, -0.1) is 11.3 Å². The molecule has 1 N–H and O–H groups in total. The van der Waals surface area contributed by atoms with E-state index in [1.807, 2.05) is 0 Å². The van der Waals surface area contributed by atoms with E-state index in [4.69, 9.17) is 0 Å². The monoisotopic (exact) mass is 434 g/mol. The molecule has 0 saturated heterocycles. The number of halogens is 4. The van der Waals surface area contributed by atoms with Crippen LogP contribution in [-0.4, -0.2) is 24.8 Å². The maximum atomic E-state index is 14.9. The third-order valence-corrected chi connectivity index (χ3v) is 6.75. The molecule has 11 heteroatoms. The normalized spacial score (nSPS) is 20.5. The first-order chi connectivity index (χ1) is 13.0. The zero-order valence-electron chi connectivity index (χ0n) is 14.2. The third kappa shape index (κ3) is 3.95. The van der Waals surface area contributed by atoms with E-state index in [1.165, 1.54) is 23.6 Å². The van der Waals surface area contributed by atoms with E-state index in [2.05, 4.69) is 10.3 Å². The number of carbonyl (C=O) groups is 1. The molecule has 0 saturated carbocycles. The van der Waals surface area contributed by atoms with E-state index in [0.29, 0.717) is 10.6 Å². The van der Waals surface area contributed by atoms with Crippen LogP contribution in [0.4, 0.5) is 23.2 Å². The second kappa shape index (κ2) is 7.28. The summed E-state index contributed by atoms with van der Waals surface area (Å²) in [6.45, 7) is 0. The maximum Gasteiger partial charge on any atom is 0.501 e. The Hall–Kier alpha value is -2.27. The highest BCUT2D eigenvalue weighted by Gasteiger charge is 2.46. The molecule has 28 heavy (non-hydrogen) atoms. The summed E-state index contributed by atoms with van der Waals surface area (Å²) >= 11 is 1.20. The minimum atomic E-state index is -5.45. The van der Waals surface area contributed by atoms with Crippen LogP contribution in [0, 0.1) is 0 Å². The van der Waals surface area contributed by atoms with Crippen LogP contribution in [0.15, 0.2) is 52.4 Å². The van der Waals surface area contributed by atoms with E-state index >= 15 is 0 Å². The van der Waals surface area contributed by atoms with Crippen molar-refractivity contribution in [2.75, 3.05) is 5.32 Å². The number of aromatic nitrogens is 1. The number of nitrogens with zero attached hydrogens (tertiary/aromatic N) is 1. The summed E-state index contributed by atoms with van der Waals surface area (Å²) in [5.74, 6) is -0.521. The molecule has 3 rings (SSSR count). The molecule has 0 spiro atoms. The molecule has 0 radical (unpaired) electrons. The largest absolute Gasteiger partial charge is 0.501 e. The number of carbonyl (C=O) groups excluding carboxylic acids is 1. The van der Waals surface area contributed by atoms with Crippen molar-refractivity contribution in [2.24, 2.45) is 0 Å². The molecule has 1 atom stereocenters. The lowest BCUT2D eigenvalue weighted by atomic mass is 9.87. The molecule has 5 nitrogen and oxygen atoms in total. The lowest BCUT2D eigenvalue weighted by molar-refractivity contribution is -0.113. The van der Waals surface area contributed by atoms with Crippen molar-refractivity contribution in [3.63, 3.8) is 0 Å². The lowest BCUT2D eigenvalue weighted by Gasteiger charge is -2.26. The van der Waals surface area contributed by atoms with Gasteiger partial charge < -0.3 is 5.32 Å². The van der Waals surface area contributed by atoms with Crippen LogP contribution in [0.1, 0.15) is 24.3 Å². The van der Waals surface area contributed by atoms with Gasteiger partial charge >= 0.3 is 5.51 Å². The van der Waals surface area contributed by atoms with Gasteiger partial charge in [-0.3, -0.25) is 4.79 Å². The lowest BCUT2D eigenvalue weighted by Crippen LogP contribution is -2.26. The minimum absolute atomic E-state index is 0.00791. The predicted octanol–water partition coefficient (Wildman–Crippen LogP) is 4.35. The fraction of sp³-hybridized carbons (Fsp3) is 0.294. The van der Waals surface area contributed by atoms with Crippen molar-refractivity contribution >= 4 is 32.8 Å². The average molecular weight is 434 g/mol. The Morgan fingerprint density at radius 2 is 1.89 bits per heavy atom. The van der Waals surface area contributed by atoms with Crippen LogP contribution < -0.4 is 5.32 Å². The number of thiazole rings is 1. The van der Waals surface area contributed by atoms with Crippen molar-refractivity contribution in [1.29, 1.82) is 0 Å². The third-order valence-electron chi connectivity index (χ3n) is 4.30. The van der Waals surface area contributed by atoms with Crippen LogP contribution in [0.25, 0.3) is 0 Å². The van der Waals surface area contributed by atoms with Gasteiger partial charge in [-0.25, -0.2) is 17.8 Å². The number of hydrogen-bond donors (Lipinski definition) is 1. The molecular weight excluding hydrogens is 420 g/mol. The molecule has 1 aromatic carbocycles. The second-order valence-electron chi connectivity index (χ2n) is 6.16. The van der Waals surface area contributed by atoms with Gasteiger partial charge in [0.05, 0.1) is 4.90 Å². The molecule has 1 aromatic heterocycles. The Labute approximate surface area is 162 Å². The summed E-state index contributed by atoms with van der Waals surface area (Å²) in [6, 6.07) is 3.66. The topological polar surface area (TPSA) is 76.1 Å². The first kappa shape index (κ1) is 20.5. The number of sulfone groups is 1. The second-order valence-corrected chi connectivity index (χ2v) is 9.00. The van der Waals surface area contributed by atoms with Gasteiger partial charge in [-0.2, -0.15) is 13.2 Å². The maximum absolute atomic E-state index is 14.9. The van der Waals surface area contributed by atoms with E-state index in [-0.39, 0.29) is 24.9 Å². The van der Waals surface area contributed by atoms with Gasteiger partial charge in [0.2, 0.25) is 0 Å². The fourth-order valence-corrected chi connectivity index (χ4v) is 4.26. The van der Waals surface area contributed by atoms with Gasteiger partial charge in [0.25, 0.3) is 15.7 Å². The van der Waals surface area contributed by atoms with Crippen LogP contribution in [0.2, 0.25) is 0 Å². The number of alkyl halides is 4. The van der Waals surface area contributed by atoms with Crippen molar-refractivity contribution in [2.45, 2.75) is 35.3 Å². The van der Waals surface area contributed by atoms with Crippen molar-refractivity contribution in [3.8, 4) is 0 Å². The van der Waals surface area contributed by atoms with Crippen LogP contribution in [0.3, 0.4) is 0 Å². The smallest absolute Gasteiger partial charge is 0.322 e. The SMILES string of the molecule is O=C(Nc1ccc(S(=O)(=O)C(F)(F)F)cc1)C1=CCC(F)(c2nccs2)CC1. The summed E-state index contributed by atoms with van der Waals surface area (Å²) in [5, 5.41) is 4.50. The number of allylic oxidation sites excluding steroid dienone is 1. The van der Waals surface area contributed by atoms with Gasteiger partial charge in [-0.05, 0) is 37.1 Å². The number of benzene rings is 1. The summed E-state index contributed by atoms with van der Waals surface area (Å²) in [7, 11) is -5.45. The highest BCUT2D eigenvalue weighted by atomic mass is 32.2. The number of rotatable bonds is 4. The molecule has 2 aromatic rings. The van der Waals surface area contributed by atoms with Crippen LogP contribution in [0.5, 0.6) is 0 Å². The Balaban J connectivity index is 1.68. The van der Waals surface area contributed by atoms with Gasteiger partial charge in [-0.1, -0.05) is 6.08 Å². The van der Waals surface area contributed by atoms with E-state index in [0.717, 1.165) is 24.3 Å². The molecule has 0 fully saturated rings. The zero-order chi connectivity index (χ0) is 20.6. The van der Waals surface area contributed by atoms with E-state index in [9.17, 15) is 30.8 Å². The Kier molecular flexibility index (Phi) is 5.32. The standard InChI is InChI=1S/C17H14F4N2O3S2/c18-16(15-22-9-10-27-15)7-5-11(6-8-16)14(24)23-12-1-3-13(4-2-12)28(25,26)17(19,20)21/h1-5,9-10H,6-8H2,(H,23,24). The highest BCUT2D eigenvalue weighted by molar-refractivity contribution is 7.92. The number of anilines is 1. The molecule has 1 unspecified atom stereocenters. The average Bonchev–Trinajstić information content (AvgIpc) is 3.17. The number of amides is 1. The van der Waals surface area contributed by atoms with E-state index < -0.39 is 31.8 Å². The molecule has 0 bridgehead atoms. The predicted molar refractivity (Wildman–Crippen MR) is 95.1 cm³/mol. The molecule has 150 valence electrons. The first-order valence-corrected chi connectivity index (χ1v) is 10.4. The zero-order valence-corrected chi connectivity index (χ0v) is 15.8. The quantitative estimate of drug-likeness (QED) is 0.726. The number of nitrogens with one attached hydrogen (secondary N) is 1. The Bertz CT molecular complexity index is 1000. The fourth-order valence-electron chi connectivity index (χ4n) is 2.73. The number of hydrogen-bond acceptors (Lipinski definition) is 5. The van der Waals surface area contributed by atoms with Crippen molar-refractivity contribution in [1.82, 2.24) is 4.98 Å². The van der Waals surface area contributed by atoms with Gasteiger partial charge in [0.15, 0.2) is 5.67 Å². The molecule has 1 amide bonds. The van der Waals surface area contributed by atoms with Crippen LogP contribution >= 0.6 is 11.3 Å². The van der Waals surface area contributed by atoms with Crippen molar-refractivity contribution < 1.29 is 30.8 Å². The first-order valence-electron chi connectivity index (χ1n) is 8.04. The molecule has 1 aliphatic rings. The Morgan fingerprint density at radius 3 is 2.39 bits per heavy atom. The van der Waals surface area contributed by atoms with Crippen LogP contribution in [-0.2, 0) is 20.3 Å². The minimum Gasteiger partial charge on any atom is -0.322 e.